The molecule has 5 heteroatoms. The molecule has 0 bridgehead atoms. The van der Waals surface area contributed by atoms with E-state index in [0.29, 0.717) is 5.56 Å². The molecule has 4 nitrogen and oxygen atoms in total. The van der Waals surface area contributed by atoms with Crippen LogP contribution in [0.5, 0.6) is 0 Å². The summed E-state index contributed by atoms with van der Waals surface area (Å²) in [6, 6.07) is 10.0. The summed E-state index contributed by atoms with van der Waals surface area (Å²) >= 11 is 0. The Bertz CT molecular complexity index is 836. The van der Waals surface area contributed by atoms with Crippen LogP contribution >= 0.6 is 0 Å². The van der Waals surface area contributed by atoms with Gasteiger partial charge >= 0.3 is 5.97 Å². The molecule has 2 heterocycles. The van der Waals surface area contributed by atoms with E-state index in [1.807, 2.05) is 0 Å². The van der Waals surface area contributed by atoms with Gasteiger partial charge in [0, 0.05) is 24.8 Å². The van der Waals surface area contributed by atoms with Crippen LogP contribution in [0.1, 0.15) is 10.4 Å². The molecule has 0 atom stereocenters. The fourth-order valence-electron chi connectivity index (χ4n) is 2.38. The number of methoxy groups -OCH3 is 1. The van der Waals surface area contributed by atoms with Gasteiger partial charge in [0.15, 0.2) is 0 Å². The average molecular weight is 308 g/mol. The van der Waals surface area contributed by atoms with Gasteiger partial charge in [-0.2, -0.15) is 0 Å². The lowest BCUT2D eigenvalue weighted by Crippen LogP contribution is -2.05. The van der Waals surface area contributed by atoms with Crippen molar-refractivity contribution in [1.82, 2.24) is 9.97 Å². The number of nitrogens with zero attached hydrogens (tertiary/aromatic N) is 2. The van der Waals surface area contributed by atoms with Crippen LogP contribution in [-0.2, 0) is 4.74 Å². The second kappa shape index (κ2) is 6.36. The summed E-state index contributed by atoms with van der Waals surface area (Å²) in [5.74, 6) is -1.33. The van der Waals surface area contributed by atoms with Gasteiger partial charge in [-0.1, -0.05) is 0 Å². The number of carbonyl (C=O) groups excluding carboxylic acids is 1. The summed E-state index contributed by atoms with van der Waals surface area (Å²) in [6.45, 7) is 0. The van der Waals surface area contributed by atoms with E-state index in [1.165, 1.54) is 19.2 Å². The molecule has 3 rings (SSSR count). The van der Waals surface area contributed by atoms with Crippen molar-refractivity contribution in [2.45, 2.75) is 0 Å². The summed E-state index contributed by atoms with van der Waals surface area (Å²) in [4.78, 5) is 19.7. The second-order valence-electron chi connectivity index (χ2n) is 4.84. The molecular formula is C18H13FN2O2. The highest BCUT2D eigenvalue weighted by atomic mass is 19.1. The first-order chi connectivity index (χ1) is 11.2. The molecule has 0 radical (unpaired) electrons. The zero-order valence-corrected chi connectivity index (χ0v) is 12.4. The van der Waals surface area contributed by atoms with Crippen molar-refractivity contribution in [2.75, 3.05) is 7.11 Å². The maximum atomic E-state index is 14.3. The number of esters is 1. The number of rotatable bonds is 3. The van der Waals surface area contributed by atoms with Crippen molar-refractivity contribution in [2.24, 2.45) is 0 Å². The van der Waals surface area contributed by atoms with Gasteiger partial charge < -0.3 is 4.74 Å². The minimum atomic E-state index is -0.709. The molecule has 0 saturated heterocycles. The van der Waals surface area contributed by atoms with E-state index in [4.69, 9.17) is 0 Å². The fraction of sp³-hybridized carbons (Fsp3) is 0.0556. The quantitative estimate of drug-likeness (QED) is 0.692. The molecule has 23 heavy (non-hydrogen) atoms. The number of benzene rings is 1. The van der Waals surface area contributed by atoms with E-state index in [0.717, 1.165) is 16.7 Å². The third-order valence-corrected chi connectivity index (χ3v) is 3.50. The SMILES string of the molecule is COC(=O)c1cc(-c2ccncc2)c(-c2ccncc2)cc1F. The molecule has 3 aromatic rings. The molecule has 0 aliphatic heterocycles. The standard InChI is InChI=1S/C18H13FN2O2/c1-23-18(22)16-10-14(12-2-6-20-7-3-12)15(11-17(16)19)13-4-8-21-9-5-13/h2-11H,1H3. The van der Waals surface area contributed by atoms with Crippen LogP contribution < -0.4 is 0 Å². The van der Waals surface area contributed by atoms with Gasteiger partial charge in [-0.25, -0.2) is 9.18 Å². The van der Waals surface area contributed by atoms with Gasteiger partial charge in [-0.3, -0.25) is 9.97 Å². The summed E-state index contributed by atoms with van der Waals surface area (Å²) < 4.78 is 19.0. The first-order valence-corrected chi connectivity index (χ1v) is 6.93. The third kappa shape index (κ3) is 2.94. The molecule has 0 N–H and O–H groups in total. The molecule has 0 saturated carbocycles. The van der Waals surface area contributed by atoms with Crippen LogP contribution in [-0.4, -0.2) is 23.0 Å². The van der Waals surface area contributed by atoms with E-state index >= 15 is 0 Å². The second-order valence-corrected chi connectivity index (χ2v) is 4.84. The van der Waals surface area contributed by atoms with Crippen LogP contribution in [0, 0.1) is 5.82 Å². The van der Waals surface area contributed by atoms with Gasteiger partial charge in [-0.15, -0.1) is 0 Å². The van der Waals surface area contributed by atoms with Crippen molar-refractivity contribution >= 4 is 5.97 Å². The number of ether oxygens (including phenoxy) is 1. The highest BCUT2D eigenvalue weighted by molar-refractivity contribution is 5.94. The lowest BCUT2D eigenvalue weighted by Gasteiger charge is -2.13. The molecule has 0 aliphatic carbocycles. The molecule has 0 aliphatic rings. The number of halogens is 1. The zero-order valence-electron chi connectivity index (χ0n) is 12.4. The molecular weight excluding hydrogens is 295 g/mol. The average Bonchev–Trinajstić information content (AvgIpc) is 2.62. The van der Waals surface area contributed by atoms with Crippen molar-refractivity contribution < 1.29 is 13.9 Å². The maximum absolute atomic E-state index is 14.3. The Morgan fingerprint density at radius 2 is 1.39 bits per heavy atom. The lowest BCUT2D eigenvalue weighted by atomic mass is 9.93. The van der Waals surface area contributed by atoms with Crippen molar-refractivity contribution in [1.29, 1.82) is 0 Å². The van der Waals surface area contributed by atoms with E-state index in [1.54, 1.807) is 49.1 Å². The number of carbonyl (C=O) groups is 1. The first-order valence-electron chi connectivity index (χ1n) is 6.93. The van der Waals surface area contributed by atoms with Crippen LogP contribution in [0.15, 0.2) is 61.2 Å². The largest absolute Gasteiger partial charge is 0.465 e. The topological polar surface area (TPSA) is 52.1 Å². The number of hydrogen-bond donors (Lipinski definition) is 0. The lowest BCUT2D eigenvalue weighted by molar-refractivity contribution is 0.0595. The Morgan fingerprint density at radius 1 is 0.913 bits per heavy atom. The predicted molar refractivity (Wildman–Crippen MR) is 84.2 cm³/mol. The third-order valence-electron chi connectivity index (χ3n) is 3.50. The van der Waals surface area contributed by atoms with E-state index in [9.17, 15) is 9.18 Å². The normalized spacial score (nSPS) is 10.3. The van der Waals surface area contributed by atoms with Gasteiger partial charge in [0.2, 0.25) is 0 Å². The Balaban J connectivity index is 2.27. The van der Waals surface area contributed by atoms with Gasteiger partial charge in [0.05, 0.1) is 12.7 Å². The molecule has 114 valence electrons. The Labute approximate surface area is 132 Å². The van der Waals surface area contributed by atoms with Gasteiger partial charge in [0.1, 0.15) is 5.82 Å². The summed E-state index contributed by atoms with van der Waals surface area (Å²) in [5, 5.41) is 0. The smallest absolute Gasteiger partial charge is 0.340 e. The zero-order chi connectivity index (χ0) is 16.2. The van der Waals surface area contributed by atoms with Crippen molar-refractivity contribution in [3.05, 3.63) is 72.6 Å². The monoisotopic (exact) mass is 308 g/mol. The van der Waals surface area contributed by atoms with Gasteiger partial charge in [-0.05, 0) is 58.7 Å². The number of hydrogen-bond acceptors (Lipinski definition) is 4. The fourth-order valence-corrected chi connectivity index (χ4v) is 2.38. The van der Waals surface area contributed by atoms with Crippen LogP contribution in [0.25, 0.3) is 22.3 Å². The number of pyridine rings is 2. The van der Waals surface area contributed by atoms with Crippen molar-refractivity contribution in [3.63, 3.8) is 0 Å². The van der Waals surface area contributed by atoms with Gasteiger partial charge in [0.25, 0.3) is 0 Å². The van der Waals surface area contributed by atoms with E-state index < -0.39 is 11.8 Å². The van der Waals surface area contributed by atoms with E-state index in [-0.39, 0.29) is 5.56 Å². The predicted octanol–water partition coefficient (Wildman–Crippen LogP) is 3.74. The van der Waals surface area contributed by atoms with Crippen molar-refractivity contribution in [3.8, 4) is 22.3 Å². The van der Waals surface area contributed by atoms with E-state index in [2.05, 4.69) is 14.7 Å². The highest BCUT2D eigenvalue weighted by Crippen LogP contribution is 2.34. The molecule has 1 aromatic carbocycles. The first kappa shape index (κ1) is 14.8. The summed E-state index contributed by atoms with van der Waals surface area (Å²) in [5.41, 5.74) is 2.93. The molecule has 0 amide bonds. The summed E-state index contributed by atoms with van der Waals surface area (Å²) in [6.07, 6.45) is 6.56. The van der Waals surface area contributed by atoms with Crippen LogP contribution in [0.2, 0.25) is 0 Å². The Morgan fingerprint density at radius 3 is 1.87 bits per heavy atom. The molecule has 0 unspecified atom stereocenters. The minimum absolute atomic E-state index is 0.0999. The van der Waals surface area contributed by atoms with Crippen LogP contribution in [0.3, 0.4) is 0 Å². The van der Waals surface area contributed by atoms with Crippen LogP contribution in [0.4, 0.5) is 4.39 Å². The Kier molecular flexibility index (Phi) is 4.10. The molecule has 2 aromatic heterocycles. The minimum Gasteiger partial charge on any atom is -0.465 e. The number of aromatic nitrogens is 2. The molecule has 0 spiro atoms. The molecule has 0 fully saturated rings. The highest BCUT2D eigenvalue weighted by Gasteiger charge is 2.18. The Hall–Kier alpha value is -3.08. The summed E-state index contributed by atoms with van der Waals surface area (Å²) in [7, 11) is 1.23. The maximum Gasteiger partial charge on any atom is 0.340 e.